The Morgan fingerprint density at radius 2 is 1.54 bits per heavy atom. The number of amides is 2. The molecular weight excluding hydrogens is 307 g/mol. The molecule has 10 heteroatoms. The van der Waals surface area contributed by atoms with Crippen LogP contribution in [0.25, 0.3) is 0 Å². The highest BCUT2D eigenvalue weighted by Gasteiger charge is 2.35. The van der Waals surface area contributed by atoms with E-state index in [0.717, 1.165) is 0 Å². The van der Waals surface area contributed by atoms with Crippen LogP contribution in [0.1, 0.15) is 33.6 Å². The van der Waals surface area contributed by atoms with E-state index in [2.05, 4.69) is 0 Å². The lowest BCUT2D eigenvalue weighted by atomic mass is 9.83. The smallest absolute Gasteiger partial charge is 0.226 e. The average molecular weight is 329 g/mol. The Labute approximate surface area is 146 Å². The van der Waals surface area contributed by atoms with Crippen LogP contribution in [0.2, 0.25) is 6.32 Å². The predicted octanol–water partition coefficient (Wildman–Crippen LogP) is -1.39. The summed E-state index contributed by atoms with van der Waals surface area (Å²) < 4.78 is 0. The molecule has 2 N–H and O–H groups in total. The number of ketones is 2. The van der Waals surface area contributed by atoms with Gasteiger partial charge in [-0.15, -0.1) is 0 Å². The van der Waals surface area contributed by atoms with Gasteiger partial charge in [-0.1, -0.05) is 20.8 Å². The zero-order chi connectivity index (χ0) is 18.9. The fraction of sp³-hybridized carbons (Fsp3) is 0.714. The zero-order valence-corrected chi connectivity index (χ0v) is 14.4. The Kier molecular flexibility index (Phi) is 9.66. The summed E-state index contributed by atoms with van der Waals surface area (Å²) in [7, 11) is 15.5. The van der Waals surface area contributed by atoms with E-state index in [1.54, 1.807) is 20.8 Å². The van der Waals surface area contributed by atoms with E-state index in [0.29, 0.717) is 0 Å². The van der Waals surface area contributed by atoms with Gasteiger partial charge in [0, 0.05) is 11.8 Å². The number of Topliss-reactive ketones (excluding diaryl/α,β-unsaturated/α-hetero) is 2. The molecule has 0 saturated carbocycles. The molecule has 0 aliphatic rings. The van der Waals surface area contributed by atoms with E-state index in [1.165, 1.54) is 4.90 Å². The normalized spacial score (nSPS) is 12.5. The van der Waals surface area contributed by atoms with Crippen LogP contribution in [0.3, 0.4) is 0 Å². The largest absolute Gasteiger partial charge is 0.409 e. The maximum Gasteiger partial charge on any atom is 0.226 e. The van der Waals surface area contributed by atoms with Crippen molar-refractivity contribution >= 4 is 47.2 Å². The number of nitrogens with one attached hydrogen (secondary N) is 2. The molecule has 0 aliphatic carbocycles. The standard InChI is InChI=1S/C14H22B3N3O4/c1-14(2,3)13(24)10(4-5-11(22)18-16)20(7-9(21)6-15)8-12(23)19-17/h10H,4-8H2,1-3H3,(H,18,22)(H,19,23)/t10-/m0/s1. The van der Waals surface area contributed by atoms with Gasteiger partial charge in [-0.3, -0.25) is 24.1 Å². The molecule has 1 atom stereocenters. The first-order valence-corrected chi connectivity index (χ1v) is 7.55. The van der Waals surface area contributed by atoms with Crippen LogP contribution in [0.4, 0.5) is 0 Å². The maximum atomic E-state index is 12.7. The van der Waals surface area contributed by atoms with Crippen LogP contribution in [0, 0.1) is 5.41 Å². The summed E-state index contributed by atoms with van der Waals surface area (Å²) in [5.74, 6) is -1.55. The van der Waals surface area contributed by atoms with Crippen LogP contribution < -0.4 is 10.5 Å². The Morgan fingerprint density at radius 3 is 1.96 bits per heavy atom. The second kappa shape index (κ2) is 10.3. The molecule has 2 amide bonds. The molecule has 7 nitrogen and oxygen atoms in total. The fourth-order valence-corrected chi connectivity index (χ4v) is 2.12. The minimum atomic E-state index is -0.824. The van der Waals surface area contributed by atoms with E-state index >= 15 is 0 Å². The summed E-state index contributed by atoms with van der Waals surface area (Å²) in [6.45, 7) is 4.70. The van der Waals surface area contributed by atoms with Crippen molar-refractivity contribution in [3.8, 4) is 0 Å². The molecule has 0 rings (SSSR count). The molecule has 126 valence electrons. The number of hydrogen-bond donors (Lipinski definition) is 2. The summed E-state index contributed by atoms with van der Waals surface area (Å²) in [6.07, 6.45) is -0.143. The number of carbonyl (C=O) groups is 4. The van der Waals surface area contributed by atoms with E-state index < -0.39 is 23.3 Å². The molecule has 24 heavy (non-hydrogen) atoms. The predicted molar refractivity (Wildman–Crippen MR) is 92.4 cm³/mol. The topological polar surface area (TPSA) is 95.6 Å². The van der Waals surface area contributed by atoms with Crippen LogP contribution in [0.15, 0.2) is 0 Å². The van der Waals surface area contributed by atoms with Crippen molar-refractivity contribution in [2.45, 2.75) is 46.0 Å². The Balaban J connectivity index is 5.49. The lowest BCUT2D eigenvalue weighted by molar-refractivity contribution is -0.134. The van der Waals surface area contributed by atoms with Gasteiger partial charge in [-0.05, 0) is 12.7 Å². The molecule has 0 saturated heterocycles. The maximum absolute atomic E-state index is 12.7. The van der Waals surface area contributed by atoms with Crippen LogP contribution >= 0.6 is 0 Å². The van der Waals surface area contributed by atoms with Gasteiger partial charge < -0.3 is 10.5 Å². The Hall–Kier alpha value is -1.57. The first kappa shape index (κ1) is 22.4. The van der Waals surface area contributed by atoms with Crippen molar-refractivity contribution in [3.63, 3.8) is 0 Å². The molecule has 0 aromatic carbocycles. The highest BCUT2D eigenvalue weighted by atomic mass is 16.2. The second-order valence-electron chi connectivity index (χ2n) is 6.45. The molecular formula is C14H22B3N3O4. The van der Waals surface area contributed by atoms with Crippen molar-refractivity contribution < 1.29 is 19.2 Å². The molecule has 0 aromatic rings. The van der Waals surface area contributed by atoms with Crippen molar-refractivity contribution in [1.29, 1.82) is 0 Å². The second-order valence-corrected chi connectivity index (χ2v) is 6.45. The lowest BCUT2D eigenvalue weighted by Crippen LogP contribution is -2.51. The monoisotopic (exact) mass is 329 g/mol. The quantitative estimate of drug-likeness (QED) is 0.481. The third kappa shape index (κ3) is 7.81. The minimum absolute atomic E-state index is 0.0272. The molecule has 0 fully saturated rings. The molecule has 0 spiro atoms. The third-order valence-electron chi connectivity index (χ3n) is 3.40. The molecule has 0 heterocycles. The van der Waals surface area contributed by atoms with Gasteiger partial charge in [0.25, 0.3) is 0 Å². The van der Waals surface area contributed by atoms with Gasteiger partial charge in [0.15, 0.2) is 5.78 Å². The van der Waals surface area contributed by atoms with Gasteiger partial charge in [-0.25, -0.2) is 0 Å². The number of hydrogen-bond acceptors (Lipinski definition) is 5. The van der Waals surface area contributed by atoms with Gasteiger partial charge in [0.1, 0.15) is 5.78 Å². The summed E-state index contributed by atoms with van der Waals surface area (Å²) in [5, 5.41) is 3.95. The van der Waals surface area contributed by atoms with Gasteiger partial charge in [0.2, 0.25) is 27.8 Å². The van der Waals surface area contributed by atoms with Crippen molar-refractivity contribution in [3.05, 3.63) is 0 Å². The summed E-state index contributed by atoms with van der Waals surface area (Å²) in [4.78, 5) is 48.9. The fourth-order valence-electron chi connectivity index (χ4n) is 2.12. The van der Waals surface area contributed by atoms with Crippen LogP contribution in [-0.2, 0) is 19.2 Å². The SMILES string of the molecule is [B]CC(=O)CN(CC(=O)N[B])[C@@H](CCC(=O)N[B])C(=O)C(C)(C)C. The molecule has 6 radical (unpaired) electrons. The first-order chi connectivity index (χ1) is 11.1. The highest BCUT2D eigenvalue weighted by Crippen LogP contribution is 2.22. The summed E-state index contributed by atoms with van der Waals surface area (Å²) in [6, 6.07) is -0.824. The molecule has 0 bridgehead atoms. The number of carbonyl (C=O) groups excluding carboxylic acids is 4. The van der Waals surface area contributed by atoms with E-state index in [1.807, 2.05) is 10.5 Å². The van der Waals surface area contributed by atoms with Crippen LogP contribution in [-0.4, -0.2) is 71.2 Å². The van der Waals surface area contributed by atoms with E-state index in [-0.39, 0.29) is 43.8 Å². The van der Waals surface area contributed by atoms with Gasteiger partial charge in [0.05, 0.1) is 27.0 Å². The van der Waals surface area contributed by atoms with Gasteiger partial charge in [-0.2, -0.15) is 0 Å². The molecule has 0 unspecified atom stereocenters. The minimum Gasteiger partial charge on any atom is -0.409 e. The van der Waals surface area contributed by atoms with E-state index in [9.17, 15) is 19.2 Å². The Morgan fingerprint density at radius 1 is 1.00 bits per heavy atom. The summed E-state index contributed by atoms with van der Waals surface area (Å²) in [5.41, 5.74) is -0.729. The Bertz CT molecular complexity index is 462. The van der Waals surface area contributed by atoms with Crippen LogP contribution in [0.5, 0.6) is 0 Å². The van der Waals surface area contributed by atoms with E-state index in [4.69, 9.17) is 23.8 Å². The summed E-state index contributed by atoms with van der Waals surface area (Å²) >= 11 is 0. The van der Waals surface area contributed by atoms with Gasteiger partial charge >= 0.3 is 0 Å². The number of nitrogens with zero attached hydrogens (tertiary/aromatic N) is 1. The lowest BCUT2D eigenvalue weighted by Gasteiger charge is -2.33. The van der Waals surface area contributed by atoms with Crippen molar-refractivity contribution in [1.82, 2.24) is 15.4 Å². The third-order valence-corrected chi connectivity index (χ3v) is 3.40. The zero-order valence-electron chi connectivity index (χ0n) is 14.4. The molecule has 0 aromatic heterocycles. The molecule has 0 aliphatic heterocycles. The van der Waals surface area contributed by atoms with Crippen molar-refractivity contribution in [2.24, 2.45) is 5.41 Å². The highest BCUT2D eigenvalue weighted by molar-refractivity contribution is 6.20. The average Bonchev–Trinajstić information content (AvgIpc) is 2.52. The number of rotatable bonds is 10. The first-order valence-electron chi connectivity index (χ1n) is 7.55. The van der Waals surface area contributed by atoms with Crippen molar-refractivity contribution in [2.75, 3.05) is 13.1 Å².